The molecule has 6 heteroatoms. The van der Waals surface area contributed by atoms with Crippen molar-refractivity contribution in [2.45, 2.75) is 219 Å². The summed E-state index contributed by atoms with van der Waals surface area (Å²) in [5.41, 5.74) is 0. The molecule has 0 radical (unpaired) electrons. The topological polar surface area (TPSA) is 92.7 Å². The molecule has 330 valence electrons. The van der Waals surface area contributed by atoms with E-state index < -0.39 is 5.97 Å². The molecule has 0 heterocycles. The van der Waals surface area contributed by atoms with Crippen molar-refractivity contribution in [3.8, 4) is 0 Å². The van der Waals surface area contributed by atoms with Gasteiger partial charge in [-0.3, -0.25) is 14.4 Å². The van der Waals surface area contributed by atoms with E-state index in [-0.39, 0.29) is 24.5 Å². The summed E-state index contributed by atoms with van der Waals surface area (Å²) in [6.45, 7) is 4.10. The fourth-order valence-electron chi connectivity index (χ4n) is 6.57. The van der Waals surface area contributed by atoms with Crippen LogP contribution in [0.3, 0.4) is 0 Å². The van der Waals surface area contributed by atoms with E-state index in [1.165, 1.54) is 57.8 Å². The molecule has 0 fully saturated rings. The number of carboxylic acid groups (broad SMARTS) is 1. The van der Waals surface area contributed by atoms with Crippen LogP contribution in [0.1, 0.15) is 213 Å². The second-order valence-electron chi connectivity index (χ2n) is 15.6. The van der Waals surface area contributed by atoms with Gasteiger partial charge in [-0.15, -0.1) is 0 Å². The minimum absolute atomic E-state index is 0.0135. The molecule has 6 nitrogen and oxygen atoms in total. The van der Waals surface area contributed by atoms with E-state index in [1.54, 1.807) is 0 Å². The van der Waals surface area contributed by atoms with Crippen molar-refractivity contribution in [3.05, 3.63) is 85.1 Å². The summed E-state index contributed by atoms with van der Waals surface area (Å²) in [4.78, 5) is 35.2. The Morgan fingerprint density at radius 3 is 1.31 bits per heavy atom. The lowest BCUT2D eigenvalue weighted by Gasteiger charge is -2.18. The number of carbonyl (C=O) groups is 3. The van der Waals surface area contributed by atoms with E-state index in [2.05, 4.69) is 104 Å². The van der Waals surface area contributed by atoms with Crippen molar-refractivity contribution < 1.29 is 24.2 Å². The number of hydrogen-bond donors (Lipinski definition) is 2. The highest BCUT2D eigenvalue weighted by Gasteiger charge is 2.14. The minimum Gasteiger partial charge on any atom is -0.480 e. The van der Waals surface area contributed by atoms with Gasteiger partial charge in [0.2, 0.25) is 5.91 Å². The zero-order valence-electron chi connectivity index (χ0n) is 37.4. The Labute approximate surface area is 356 Å². The van der Waals surface area contributed by atoms with Crippen LogP contribution in [-0.4, -0.2) is 35.6 Å². The maximum absolute atomic E-state index is 12.8. The van der Waals surface area contributed by atoms with Crippen molar-refractivity contribution in [2.24, 2.45) is 0 Å². The van der Waals surface area contributed by atoms with E-state index in [9.17, 15) is 14.4 Å². The molecule has 0 rings (SSSR count). The SMILES string of the molecule is CC/C=C\C/C=C\C/C=C\C/C=C\C/C=C\CCCCCCCC(=O)OC(CCCCC/C=C\C/C=C\CCCCCCC)CCCCCCCC(=O)NCC(=O)O. The average molecular weight is 806 g/mol. The van der Waals surface area contributed by atoms with Crippen molar-refractivity contribution in [1.82, 2.24) is 5.32 Å². The van der Waals surface area contributed by atoms with Crippen molar-refractivity contribution in [1.29, 1.82) is 0 Å². The Balaban J connectivity index is 4.26. The van der Waals surface area contributed by atoms with Gasteiger partial charge in [-0.05, 0) is 116 Å². The highest BCUT2D eigenvalue weighted by Crippen LogP contribution is 2.18. The highest BCUT2D eigenvalue weighted by atomic mass is 16.5. The smallest absolute Gasteiger partial charge is 0.322 e. The molecule has 0 aliphatic rings. The summed E-state index contributed by atoms with van der Waals surface area (Å²) >= 11 is 0. The van der Waals surface area contributed by atoms with Gasteiger partial charge in [-0.1, -0.05) is 170 Å². The number of allylic oxidation sites excluding steroid dienone is 14. The fraction of sp³-hybridized carbons (Fsp3) is 0.673. The van der Waals surface area contributed by atoms with Gasteiger partial charge in [0, 0.05) is 12.8 Å². The number of carbonyl (C=O) groups excluding carboxylic acids is 2. The van der Waals surface area contributed by atoms with Gasteiger partial charge in [-0.25, -0.2) is 0 Å². The Morgan fingerprint density at radius 2 is 0.845 bits per heavy atom. The molecular weight excluding hydrogens is 719 g/mol. The van der Waals surface area contributed by atoms with Gasteiger partial charge in [0.15, 0.2) is 0 Å². The van der Waals surface area contributed by atoms with Crippen LogP contribution in [0.5, 0.6) is 0 Å². The molecule has 1 atom stereocenters. The number of esters is 1. The lowest BCUT2D eigenvalue weighted by Crippen LogP contribution is -2.28. The maximum atomic E-state index is 12.8. The maximum Gasteiger partial charge on any atom is 0.322 e. The second-order valence-corrected chi connectivity index (χ2v) is 15.6. The molecule has 0 aromatic heterocycles. The number of hydrogen-bond acceptors (Lipinski definition) is 4. The number of nitrogens with one attached hydrogen (secondary N) is 1. The Bertz CT molecular complexity index is 1160. The van der Waals surface area contributed by atoms with Crippen molar-refractivity contribution in [2.75, 3.05) is 6.54 Å². The third kappa shape index (κ3) is 45.3. The largest absolute Gasteiger partial charge is 0.480 e. The van der Waals surface area contributed by atoms with Gasteiger partial charge in [0.05, 0.1) is 0 Å². The van der Waals surface area contributed by atoms with E-state index in [1.807, 2.05) is 0 Å². The summed E-state index contributed by atoms with van der Waals surface area (Å²) in [7, 11) is 0. The predicted octanol–water partition coefficient (Wildman–Crippen LogP) is 15.1. The molecule has 1 unspecified atom stereocenters. The summed E-state index contributed by atoms with van der Waals surface area (Å²) in [5, 5.41) is 11.1. The molecule has 0 saturated heterocycles. The Kier molecular flexibility index (Phi) is 43.6. The second kappa shape index (κ2) is 46.3. The summed E-state index contributed by atoms with van der Waals surface area (Å²) in [5.74, 6) is -1.27. The molecule has 0 aromatic rings. The highest BCUT2D eigenvalue weighted by molar-refractivity contribution is 5.80. The van der Waals surface area contributed by atoms with Crippen LogP contribution in [0.2, 0.25) is 0 Å². The minimum atomic E-state index is -1.02. The average Bonchev–Trinajstić information content (AvgIpc) is 3.21. The molecule has 0 spiro atoms. The number of carboxylic acids is 1. The zero-order chi connectivity index (χ0) is 42.3. The first-order valence-electron chi connectivity index (χ1n) is 23.7. The number of rotatable bonds is 42. The first-order valence-corrected chi connectivity index (χ1v) is 23.7. The van der Waals surface area contributed by atoms with Gasteiger partial charge in [0.25, 0.3) is 0 Å². The van der Waals surface area contributed by atoms with Crippen LogP contribution < -0.4 is 5.32 Å². The Hall–Kier alpha value is -3.41. The molecule has 58 heavy (non-hydrogen) atoms. The molecule has 1 amide bonds. The van der Waals surface area contributed by atoms with Crippen molar-refractivity contribution in [3.63, 3.8) is 0 Å². The van der Waals surface area contributed by atoms with E-state index in [4.69, 9.17) is 9.84 Å². The molecule has 2 N–H and O–H groups in total. The predicted molar refractivity (Wildman–Crippen MR) is 249 cm³/mol. The van der Waals surface area contributed by atoms with Gasteiger partial charge in [0.1, 0.15) is 12.6 Å². The van der Waals surface area contributed by atoms with Crippen LogP contribution in [0.4, 0.5) is 0 Å². The number of amides is 1. The van der Waals surface area contributed by atoms with Gasteiger partial charge >= 0.3 is 11.9 Å². The lowest BCUT2D eigenvalue weighted by molar-refractivity contribution is -0.150. The fourth-order valence-corrected chi connectivity index (χ4v) is 6.57. The normalized spacial score (nSPS) is 12.9. The summed E-state index contributed by atoms with van der Waals surface area (Å²) < 4.78 is 6.03. The molecule has 0 saturated carbocycles. The molecule has 0 aliphatic carbocycles. The number of unbranched alkanes of at least 4 members (excludes halogenated alkanes) is 17. The third-order valence-corrected chi connectivity index (χ3v) is 10.1. The first-order chi connectivity index (χ1) is 28.5. The molecule has 0 bridgehead atoms. The van der Waals surface area contributed by atoms with E-state index in [0.717, 1.165) is 128 Å². The summed E-state index contributed by atoms with van der Waals surface area (Å²) in [6.07, 6.45) is 64.2. The molecular formula is C52H87NO5. The summed E-state index contributed by atoms with van der Waals surface area (Å²) in [6, 6.07) is 0. The first kappa shape index (κ1) is 54.6. The third-order valence-electron chi connectivity index (χ3n) is 10.1. The van der Waals surface area contributed by atoms with Gasteiger partial charge in [-0.2, -0.15) is 0 Å². The van der Waals surface area contributed by atoms with Gasteiger partial charge < -0.3 is 15.2 Å². The molecule has 0 aliphatic heterocycles. The van der Waals surface area contributed by atoms with E-state index >= 15 is 0 Å². The number of aliphatic carboxylic acids is 1. The van der Waals surface area contributed by atoms with E-state index in [0.29, 0.717) is 12.8 Å². The van der Waals surface area contributed by atoms with Crippen LogP contribution in [-0.2, 0) is 19.1 Å². The Morgan fingerprint density at radius 1 is 0.466 bits per heavy atom. The van der Waals surface area contributed by atoms with Crippen LogP contribution in [0.25, 0.3) is 0 Å². The van der Waals surface area contributed by atoms with Crippen LogP contribution in [0, 0.1) is 0 Å². The molecule has 0 aromatic carbocycles. The monoisotopic (exact) mass is 806 g/mol. The standard InChI is InChI=1S/C52H87NO5/c1-3-5-7-9-11-13-15-17-19-20-21-22-23-24-26-28-30-32-34-39-43-47-52(57)58-49(45-41-37-35-38-42-46-50(54)53-48-51(55)56)44-40-36-33-31-29-27-25-18-16-14-12-10-8-6-4-2/h5,7,11,13,16-19,21-22,24,26-27,29,49H,3-4,6,8-10,12,14-15,20,23,25,28,30-48H2,1-2H3,(H,53,54)(H,55,56)/b7-5-,13-11-,18-16-,19-17-,22-21-,26-24-,29-27-. The van der Waals surface area contributed by atoms with Crippen molar-refractivity contribution >= 4 is 17.8 Å². The zero-order valence-corrected chi connectivity index (χ0v) is 37.4. The van der Waals surface area contributed by atoms with Crippen LogP contribution >= 0.6 is 0 Å². The lowest BCUT2D eigenvalue weighted by atomic mass is 10.0. The number of ether oxygens (including phenoxy) is 1. The quantitative estimate of drug-likeness (QED) is 0.0364. The van der Waals surface area contributed by atoms with Crippen LogP contribution in [0.15, 0.2) is 85.1 Å².